The first kappa shape index (κ1) is 18.1. The molecule has 4 heteroatoms. The van der Waals surface area contributed by atoms with E-state index in [9.17, 15) is 15.0 Å². The molecule has 1 aromatic carbocycles. The number of aromatic hydroxyl groups is 1. The zero-order chi connectivity index (χ0) is 19.7. The lowest BCUT2D eigenvalue weighted by Gasteiger charge is -2.54. The third-order valence-electron chi connectivity index (χ3n) is 6.92. The highest BCUT2D eigenvalue weighted by atomic mass is 16.5. The fourth-order valence-electron chi connectivity index (χ4n) is 5.64. The Kier molecular flexibility index (Phi) is 3.79. The number of carbonyl (C=O) groups is 1. The van der Waals surface area contributed by atoms with E-state index in [1.807, 2.05) is 0 Å². The molecule has 0 amide bonds. The largest absolute Gasteiger partial charge is 0.506 e. The van der Waals surface area contributed by atoms with Crippen molar-refractivity contribution in [2.75, 3.05) is 0 Å². The van der Waals surface area contributed by atoms with Gasteiger partial charge in [-0.25, -0.2) is 4.79 Å². The average Bonchev–Trinajstić information content (AvgIpc) is 2.87. The molecule has 4 nitrogen and oxygen atoms in total. The molecule has 1 heterocycles. The molecule has 1 saturated carbocycles. The number of fused-ring (bicyclic) bond motifs is 2. The maximum Gasteiger partial charge on any atom is 0.339 e. The number of carboxylic acid groups (broad SMARTS) is 1. The van der Waals surface area contributed by atoms with Gasteiger partial charge in [-0.3, -0.25) is 0 Å². The van der Waals surface area contributed by atoms with Gasteiger partial charge in [0.2, 0.25) is 0 Å². The number of aromatic carboxylic acids is 1. The summed E-state index contributed by atoms with van der Waals surface area (Å²) in [6, 6.07) is 1.79. The summed E-state index contributed by atoms with van der Waals surface area (Å²) in [6.45, 7) is 10.3. The first-order valence-electron chi connectivity index (χ1n) is 9.78. The Morgan fingerprint density at radius 1 is 1.37 bits per heavy atom. The summed E-state index contributed by atoms with van der Waals surface area (Å²) in [6.07, 6.45) is 6.29. The standard InChI is InChI=1S/C23H28O4/c1-12(2)7-6-9-22(4)14-8-10-23(5)18(14)19(22)17-15(27-23)11-13(3)16(20(17)24)21(25)26/h7,11,14,24H,6,8-10H2,1-5H3,(H,25,26)/t14-,22+,23+/m1/s1. The molecular weight excluding hydrogens is 340 g/mol. The number of benzene rings is 1. The van der Waals surface area contributed by atoms with Gasteiger partial charge in [-0.1, -0.05) is 18.6 Å². The molecule has 0 saturated heterocycles. The van der Waals surface area contributed by atoms with Crippen molar-refractivity contribution in [3.8, 4) is 11.5 Å². The molecule has 3 atom stereocenters. The zero-order valence-corrected chi connectivity index (χ0v) is 16.8. The van der Waals surface area contributed by atoms with E-state index in [-0.39, 0.29) is 22.3 Å². The van der Waals surface area contributed by atoms with Crippen molar-refractivity contribution in [2.24, 2.45) is 11.3 Å². The van der Waals surface area contributed by atoms with E-state index in [4.69, 9.17) is 4.74 Å². The van der Waals surface area contributed by atoms with Crippen molar-refractivity contribution < 1.29 is 19.7 Å². The molecule has 0 aromatic heterocycles. The number of aryl methyl sites for hydroxylation is 1. The number of phenols is 1. The SMILES string of the molecule is CC(C)=CCC[C@]1(C)C2=C3[C@H]1CC[C@]3(C)Oc1cc(C)c(C(=O)O)c(O)c12. The summed E-state index contributed by atoms with van der Waals surface area (Å²) in [7, 11) is 0. The number of carboxylic acids is 1. The van der Waals surface area contributed by atoms with Gasteiger partial charge in [-0.2, -0.15) is 0 Å². The molecule has 3 aliphatic rings. The van der Waals surface area contributed by atoms with E-state index in [1.54, 1.807) is 13.0 Å². The minimum absolute atomic E-state index is 0.0119. The summed E-state index contributed by atoms with van der Waals surface area (Å²) in [4.78, 5) is 11.7. The highest BCUT2D eigenvalue weighted by Crippen LogP contribution is 2.71. The number of allylic oxidation sites excluding steroid dienone is 3. The number of rotatable bonds is 4. The van der Waals surface area contributed by atoms with Gasteiger partial charge in [0.1, 0.15) is 22.7 Å². The monoisotopic (exact) mass is 368 g/mol. The molecule has 1 aliphatic heterocycles. The van der Waals surface area contributed by atoms with Crippen LogP contribution in [0.25, 0.3) is 5.57 Å². The molecule has 1 fully saturated rings. The van der Waals surface area contributed by atoms with Gasteiger partial charge >= 0.3 is 5.97 Å². The van der Waals surface area contributed by atoms with Crippen molar-refractivity contribution in [1.29, 1.82) is 0 Å². The summed E-state index contributed by atoms with van der Waals surface area (Å²) in [5, 5.41) is 20.5. The van der Waals surface area contributed by atoms with Crippen LogP contribution >= 0.6 is 0 Å². The van der Waals surface area contributed by atoms with Crippen LogP contribution in [0.5, 0.6) is 11.5 Å². The molecule has 27 heavy (non-hydrogen) atoms. The lowest BCUT2D eigenvalue weighted by atomic mass is 9.52. The summed E-state index contributed by atoms with van der Waals surface area (Å²) >= 11 is 0. The van der Waals surface area contributed by atoms with E-state index in [0.29, 0.717) is 22.8 Å². The highest BCUT2D eigenvalue weighted by molar-refractivity contribution is 5.99. The molecule has 0 unspecified atom stereocenters. The molecule has 2 N–H and O–H groups in total. The summed E-state index contributed by atoms with van der Waals surface area (Å²) < 4.78 is 6.35. The fraction of sp³-hybridized carbons (Fsp3) is 0.522. The Labute approximate surface area is 160 Å². The molecule has 2 aliphatic carbocycles. The number of ether oxygens (including phenoxy) is 1. The average molecular weight is 368 g/mol. The normalized spacial score (nSPS) is 30.2. The van der Waals surface area contributed by atoms with E-state index >= 15 is 0 Å². The lowest BCUT2D eigenvalue weighted by molar-refractivity contribution is 0.0692. The number of hydrogen-bond acceptors (Lipinski definition) is 3. The minimum atomic E-state index is -1.10. The maximum absolute atomic E-state index is 11.7. The van der Waals surface area contributed by atoms with E-state index < -0.39 is 5.97 Å². The highest BCUT2D eigenvalue weighted by Gasteiger charge is 2.63. The molecule has 144 valence electrons. The summed E-state index contributed by atoms with van der Waals surface area (Å²) in [5.74, 6) is -0.156. The van der Waals surface area contributed by atoms with Crippen LogP contribution in [0.4, 0.5) is 0 Å². The van der Waals surface area contributed by atoms with Crippen molar-refractivity contribution in [3.05, 3.63) is 40.0 Å². The Balaban J connectivity index is 1.90. The van der Waals surface area contributed by atoms with Crippen LogP contribution in [-0.4, -0.2) is 21.8 Å². The molecule has 0 spiro atoms. The van der Waals surface area contributed by atoms with Crippen LogP contribution in [0.2, 0.25) is 0 Å². The van der Waals surface area contributed by atoms with Crippen LogP contribution in [0.1, 0.15) is 74.9 Å². The molecule has 1 aromatic rings. The quantitative estimate of drug-likeness (QED) is 0.691. The fourth-order valence-corrected chi connectivity index (χ4v) is 5.64. The second kappa shape index (κ2) is 5.63. The predicted octanol–water partition coefficient (Wildman–Crippen LogP) is 5.48. The van der Waals surface area contributed by atoms with Gasteiger partial charge in [0, 0.05) is 5.41 Å². The number of hydrogen-bond donors (Lipinski definition) is 2. The van der Waals surface area contributed by atoms with Crippen molar-refractivity contribution in [1.82, 2.24) is 0 Å². The van der Waals surface area contributed by atoms with Gasteiger partial charge in [-0.05, 0) is 82.1 Å². The summed E-state index contributed by atoms with van der Waals surface area (Å²) in [5.41, 5.74) is 4.48. The first-order valence-corrected chi connectivity index (χ1v) is 9.78. The van der Waals surface area contributed by atoms with Gasteiger partial charge in [0.05, 0.1) is 5.56 Å². The smallest absolute Gasteiger partial charge is 0.339 e. The van der Waals surface area contributed by atoms with Crippen LogP contribution in [0.15, 0.2) is 23.3 Å². The minimum Gasteiger partial charge on any atom is -0.506 e. The van der Waals surface area contributed by atoms with Crippen molar-refractivity contribution in [2.45, 2.75) is 65.9 Å². The van der Waals surface area contributed by atoms with Gasteiger partial charge in [-0.15, -0.1) is 0 Å². The molecule has 4 rings (SSSR count). The third-order valence-corrected chi connectivity index (χ3v) is 6.92. The van der Waals surface area contributed by atoms with Gasteiger partial charge in [0.25, 0.3) is 0 Å². The van der Waals surface area contributed by atoms with Gasteiger partial charge < -0.3 is 14.9 Å². The van der Waals surface area contributed by atoms with Crippen LogP contribution < -0.4 is 4.74 Å². The van der Waals surface area contributed by atoms with Crippen molar-refractivity contribution >= 4 is 11.5 Å². The molecule has 0 bridgehead atoms. The zero-order valence-electron chi connectivity index (χ0n) is 16.8. The molecular formula is C23H28O4. The maximum atomic E-state index is 11.7. The Hall–Kier alpha value is -2.23. The Morgan fingerprint density at radius 3 is 2.70 bits per heavy atom. The second-order valence-corrected chi connectivity index (χ2v) is 9.05. The third kappa shape index (κ3) is 2.31. The second-order valence-electron chi connectivity index (χ2n) is 9.05. The molecule has 0 radical (unpaired) electrons. The predicted molar refractivity (Wildman–Crippen MR) is 105 cm³/mol. The van der Waals surface area contributed by atoms with Crippen molar-refractivity contribution in [3.63, 3.8) is 0 Å². The van der Waals surface area contributed by atoms with Crippen LogP contribution in [-0.2, 0) is 0 Å². The van der Waals surface area contributed by atoms with Crippen LogP contribution in [0.3, 0.4) is 0 Å². The van der Waals surface area contributed by atoms with E-state index in [0.717, 1.165) is 31.3 Å². The van der Waals surface area contributed by atoms with Crippen LogP contribution in [0, 0.1) is 18.3 Å². The van der Waals surface area contributed by atoms with E-state index in [1.165, 1.54) is 11.1 Å². The lowest BCUT2D eigenvalue weighted by Crippen LogP contribution is -2.48. The Bertz CT molecular complexity index is 919. The topological polar surface area (TPSA) is 66.8 Å². The first-order chi connectivity index (χ1) is 12.6. The van der Waals surface area contributed by atoms with E-state index in [2.05, 4.69) is 33.8 Å². The Morgan fingerprint density at radius 2 is 2.07 bits per heavy atom. The van der Waals surface area contributed by atoms with Gasteiger partial charge in [0.15, 0.2) is 0 Å².